The number of piperidine rings is 1. The number of likely N-dealkylation sites (tertiary alicyclic amines) is 1. The Kier molecular flexibility index (Phi) is 6.95. The zero-order valence-electron chi connectivity index (χ0n) is 14.2. The van der Waals surface area contributed by atoms with Crippen molar-refractivity contribution in [2.45, 2.75) is 38.8 Å². The van der Waals surface area contributed by atoms with Crippen molar-refractivity contribution in [1.29, 1.82) is 0 Å². The second-order valence-electron chi connectivity index (χ2n) is 6.54. The van der Waals surface area contributed by atoms with E-state index in [4.69, 9.17) is 0 Å². The van der Waals surface area contributed by atoms with Crippen LogP contribution in [0.4, 0.5) is 5.13 Å². The molecule has 1 aromatic rings. The Morgan fingerprint density at radius 3 is 2.78 bits per heavy atom. The van der Waals surface area contributed by atoms with E-state index in [2.05, 4.69) is 20.1 Å². The molecule has 0 bridgehead atoms. The van der Waals surface area contributed by atoms with Crippen LogP contribution in [0.2, 0.25) is 0 Å². The van der Waals surface area contributed by atoms with Gasteiger partial charge >= 0.3 is 0 Å². The Bertz CT molecular complexity index is 472. The third-order valence-electron chi connectivity index (χ3n) is 4.48. The number of likely N-dealkylation sites (N-methyl/N-ethyl adjacent to an activating group) is 1. The van der Waals surface area contributed by atoms with Crippen LogP contribution in [0, 0.1) is 5.92 Å². The lowest BCUT2D eigenvalue weighted by molar-refractivity contribution is -0.120. The SMILES string of the molecule is C[C@H](O)CN1CCC(CN(C)[C@@H](C)C(=O)Nc2nccs2)CC1. The number of nitrogens with zero attached hydrogens (tertiary/aromatic N) is 3. The number of aliphatic hydroxyl groups is 1. The Morgan fingerprint density at radius 2 is 2.22 bits per heavy atom. The minimum absolute atomic E-state index is 0.00556. The van der Waals surface area contributed by atoms with Crippen molar-refractivity contribution in [2.24, 2.45) is 5.92 Å². The summed E-state index contributed by atoms with van der Waals surface area (Å²) >= 11 is 1.43. The van der Waals surface area contributed by atoms with Gasteiger partial charge in [0.05, 0.1) is 12.1 Å². The van der Waals surface area contributed by atoms with Gasteiger partial charge in [-0.15, -0.1) is 11.3 Å². The van der Waals surface area contributed by atoms with Gasteiger partial charge in [-0.2, -0.15) is 0 Å². The topological polar surface area (TPSA) is 68.7 Å². The average Bonchev–Trinajstić information content (AvgIpc) is 3.00. The van der Waals surface area contributed by atoms with Crippen molar-refractivity contribution in [3.63, 3.8) is 0 Å². The van der Waals surface area contributed by atoms with E-state index < -0.39 is 0 Å². The van der Waals surface area contributed by atoms with Crippen LogP contribution in [-0.2, 0) is 4.79 Å². The van der Waals surface area contributed by atoms with Gasteiger partial charge in [-0.1, -0.05) is 0 Å². The third kappa shape index (κ3) is 5.84. The highest BCUT2D eigenvalue weighted by Crippen LogP contribution is 2.19. The Balaban J connectivity index is 1.73. The number of nitrogens with one attached hydrogen (secondary N) is 1. The van der Waals surface area contributed by atoms with Crippen LogP contribution >= 0.6 is 11.3 Å². The molecule has 1 aliphatic rings. The van der Waals surface area contributed by atoms with Crippen LogP contribution < -0.4 is 5.32 Å². The molecule has 2 heterocycles. The first-order valence-electron chi connectivity index (χ1n) is 8.26. The number of hydrogen-bond donors (Lipinski definition) is 2. The molecule has 2 rings (SSSR count). The van der Waals surface area contributed by atoms with E-state index in [1.54, 1.807) is 6.20 Å². The van der Waals surface area contributed by atoms with Gasteiger partial charge < -0.3 is 15.3 Å². The van der Waals surface area contributed by atoms with Crippen LogP contribution in [0.3, 0.4) is 0 Å². The summed E-state index contributed by atoms with van der Waals surface area (Å²) in [5.74, 6) is 0.606. The van der Waals surface area contributed by atoms with Crippen LogP contribution in [-0.4, -0.2) is 71.2 Å². The quantitative estimate of drug-likeness (QED) is 0.787. The number of carbonyl (C=O) groups is 1. The molecule has 1 aliphatic heterocycles. The van der Waals surface area contributed by atoms with Crippen molar-refractivity contribution in [2.75, 3.05) is 38.5 Å². The molecule has 0 radical (unpaired) electrons. The monoisotopic (exact) mass is 340 g/mol. The predicted molar refractivity (Wildman–Crippen MR) is 93.7 cm³/mol. The number of aromatic nitrogens is 1. The second-order valence-corrected chi connectivity index (χ2v) is 7.43. The Labute approximate surface area is 142 Å². The minimum Gasteiger partial charge on any atom is -0.392 e. The maximum absolute atomic E-state index is 12.2. The lowest BCUT2D eigenvalue weighted by Gasteiger charge is -2.35. The van der Waals surface area contributed by atoms with Gasteiger partial charge in [0.25, 0.3) is 0 Å². The summed E-state index contributed by atoms with van der Waals surface area (Å²) in [7, 11) is 2.01. The molecule has 0 aliphatic carbocycles. The lowest BCUT2D eigenvalue weighted by atomic mass is 9.95. The highest BCUT2D eigenvalue weighted by atomic mass is 32.1. The molecule has 0 saturated carbocycles. The fourth-order valence-corrected chi connectivity index (χ4v) is 3.52. The summed E-state index contributed by atoms with van der Waals surface area (Å²) in [6.45, 7) is 7.52. The smallest absolute Gasteiger partial charge is 0.243 e. The molecule has 0 spiro atoms. The van der Waals surface area contributed by atoms with Gasteiger partial charge in [-0.25, -0.2) is 4.98 Å². The number of rotatable bonds is 7. The normalized spacial score (nSPS) is 19.7. The first kappa shape index (κ1) is 18.3. The van der Waals surface area contributed by atoms with Crippen molar-refractivity contribution in [3.8, 4) is 0 Å². The number of aliphatic hydroxyl groups excluding tert-OH is 1. The molecule has 2 N–H and O–H groups in total. The van der Waals surface area contributed by atoms with E-state index >= 15 is 0 Å². The zero-order chi connectivity index (χ0) is 16.8. The van der Waals surface area contributed by atoms with E-state index in [1.165, 1.54) is 11.3 Å². The van der Waals surface area contributed by atoms with E-state index in [1.807, 2.05) is 26.3 Å². The molecule has 0 aromatic carbocycles. The summed E-state index contributed by atoms with van der Waals surface area (Å²) < 4.78 is 0. The van der Waals surface area contributed by atoms with Gasteiger partial charge in [-0.3, -0.25) is 9.69 Å². The largest absolute Gasteiger partial charge is 0.392 e. The molecule has 130 valence electrons. The van der Waals surface area contributed by atoms with Crippen molar-refractivity contribution in [3.05, 3.63) is 11.6 Å². The number of carbonyl (C=O) groups excluding carboxylic acids is 1. The lowest BCUT2D eigenvalue weighted by Crippen LogP contribution is -2.45. The van der Waals surface area contributed by atoms with Crippen LogP contribution in [0.15, 0.2) is 11.6 Å². The molecular formula is C16H28N4O2S. The third-order valence-corrected chi connectivity index (χ3v) is 5.17. The molecule has 23 heavy (non-hydrogen) atoms. The summed E-state index contributed by atoms with van der Waals surface area (Å²) in [6, 6.07) is -0.172. The maximum Gasteiger partial charge on any atom is 0.243 e. The molecule has 7 heteroatoms. The highest BCUT2D eigenvalue weighted by molar-refractivity contribution is 7.13. The highest BCUT2D eigenvalue weighted by Gasteiger charge is 2.25. The standard InChI is InChI=1S/C16H28N4O2S/c1-12(21)10-20-7-4-14(5-8-20)11-19(3)13(2)15(22)18-16-17-6-9-23-16/h6,9,12-14,21H,4-5,7-8,10-11H2,1-3H3,(H,17,18,22)/t12-,13-/m0/s1. The fraction of sp³-hybridized carbons (Fsp3) is 0.750. The van der Waals surface area contributed by atoms with E-state index in [-0.39, 0.29) is 18.1 Å². The molecule has 0 unspecified atom stereocenters. The Hall–Kier alpha value is -1.02. The zero-order valence-corrected chi connectivity index (χ0v) is 15.1. The first-order chi connectivity index (χ1) is 11.0. The van der Waals surface area contributed by atoms with Crippen molar-refractivity contribution < 1.29 is 9.90 Å². The molecule has 1 aromatic heterocycles. The van der Waals surface area contributed by atoms with Gasteiger partial charge in [0.2, 0.25) is 5.91 Å². The van der Waals surface area contributed by atoms with E-state index in [9.17, 15) is 9.90 Å². The second kappa shape index (κ2) is 8.73. The molecule has 2 atom stereocenters. The van der Waals surface area contributed by atoms with Gasteiger partial charge in [0.1, 0.15) is 0 Å². The number of β-amino-alcohol motifs (C(OH)–C–C–N with tert-alkyl or cyclic N) is 1. The average molecular weight is 340 g/mol. The molecular weight excluding hydrogens is 312 g/mol. The molecule has 6 nitrogen and oxygen atoms in total. The van der Waals surface area contributed by atoms with Crippen LogP contribution in [0.1, 0.15) is 26.7 Å². The first-order valence-corrected chi connectivity index (χ1v) is 9.14. The van der Waals surface area contributed by atoms with Crippen LogP contribution in [0.25, 0.3) is 0 Å². The number of amides is 1. The minimum atomic E-state index is -0.260. The summed E-state index contributed by atoms with van der Waals surface area (Å²) in [5, 5.41) is 14.8. The van der Waals surface area contributed by atoms with Crippen molar-refractivity contribution >= 4 is 22.4 Å². The fourth-order valence-electron chi connectivity index (χ4n) is 2.99. The molecule has 1 amide bonds. The van der Waals surface area contributed by atoms with Gasteiger partial charge in [-0.05, 0) is 52.7 Å². The Morgan fingerprint density at radius 1 is 1.52 bits per heavy atom. The van der Waals surface area contributed by atoms with Crippen LogP contribution in [0.5, 0.6) is 0 Å². The summed E-state index contributed by atoms with van der Waals surface area (Å²) in [4.78, 5) is 20.8. The van der Waals surface area contributed by atoms with Gasteiger partial charge in [0.15, 0.2) is 5.13 Å². The summed E-state index contributed by atoms with van der Waals surface area (Å²) in [6.07, 6.45) is 3.68. The van der Waals surface area contributed by atoms with E-state index in [0.29, 0.717) is 11.0 Å². The summed E-state index contributed by atoms with van der Waals surface area (Å²) in [5.41, 5.74) is 0. The molecule has 1 fully saturated rings. The van der Waals surface area contributed by atoms with Gasteiger partial charge in [0, 0.05) is 24.7 Å². The number of anilines is 1. The maximum atomic E-state index is 12.2. The van der Waals surface area contributed by atoms with Crippen molar-refractivity contribution in [1.82, 2.24) is 14.8 Å². The molecule has 1 saturated heterocycles. The number of thiazole rings is 1. The number of hydrogen-bond acceptors (Lipinski definition) is 6. The predicted octanol–water partition coefficient (Wildman–Crippen LogP) is 1.49. The van der Waals surface area contributed by atoms with E-state index in [0.717, 1.165) is 39.0 Å².